The smallest absolute Gasteiger partial charge is 0.257 e. The lowest BCUT2D eigenvalue weighted by atomic mass is 10.2. The minimum atomic E-state index is -3.56. The Morgan fingerprint density at radius 2 is 1.96 bits per heavy atom. The van der Waals surface area contributed by atoms with Crippen LogP contribution >= 0.6 is 11.3 Å². The van der Waals surface area contributed by atoms with Gasteiger partial charge in [0.1, 0.15) is 5.01 Å². The Morgan fingerprint density at radius 1 is 1.21 bits per heavy atom. The summed E-state index contributed by atoms with van der Waals surface area (Å²) in [6.45, 7) is 2.85. The fourth-order valence-electron chi connectivity index (χ4n) is 2.57. The number of carbonyl (C=O) groups excluding carboxylic acids is 1. The quantitative estimate of drug-likeness (QED) is 0.896. The number of hydrogen-bond donors (Lipinski definition) is 1. The van der Waals surface area contributed by atoms with Crippen molar-refractivity contribution in [2.45, 2.75) is 31.1 Å². The van der Waals surface area contributed by atoms with Gasteiger partial charge in [0.2, 0.25) is 15.2 Å². The lowest BCUT2D eigenvalue weighted by Gasteiger charge is -2.26. The van der Waals surface area contributed by atoms with E-state index in [9.17, 15) is 13.2 Å². The monoisotopic (exact) mass is 366 g/mol. The van der Waals surface area contributed by atoms with Crippen molar-refractivity contribution in [1.82, 2.24) is 14.5 Å². The summed E-state index contributed by atoms with van der Waals surface area (Å²) in [7, 11) is -3.56. The Morgan fingerprint density at radius 3 is 2.62 bits per heavy atom. The van der Waals surface area contributed by atoms with Crippen molar-refractivity contribution in [1.29, 1.82) is 0 Å². The normalized spacial score (nSPS) is 16.0. The average Bonchev–Trinajstić information content (AvgIpc) is 3.00. The number of amides is 1. The molecular weight excluding hydrogens is 348 g/mol. The fourth-order valence-corrected chi connectivity index (χ4v) is 4.72. The molecule has 128 valence electrons. The van der Waals surface area contributed by atoms with Gasteiger partial charge in [-0.15, -0.1) is 10.2 Å². The summed E-state index contributed by atoms with van der Waals surface area (Å²) in [4.78, 5) is 12.4. The largest absolute Gasteiger partial charge is 0.296 e. The number of piperidine rings is 1. The minimum absolute atomic E-state index is 0.144. The van der Waals surface area contributed by atoms with Crippen molar-refractivity contribution >= 4 is 32.4 Å². The van der Waals surface area contributed by atoms with Crippen LogP contribution in [0.2, 0.25) is 0 Å². The van der Waals surface area contributed by atoms with Gasteiger partial charge in [-0.05, 0) is 38.0 Å². The van der Waals surface area contributed by atoms with Crippen LogP contribution in [-0.4, -0.2) is 41.9 Å². The first-order valence-corrected chi connectivity index (χ1v) is 9.94. The van der Waals surface area contributed by atoms with Gasteiger partial charge in [0.05, 0.1) is 4.90 Å². The molecule has 24 heavy (non-hydrogen) atoms. The van der Waals surface area contributed by atoms with E-state index in [1.165, 1.54) is 27.8 Å². The van der Waals surface area contributed by atoms with Crippen molar-refractivity contribution in [2.24, 2.45) is 0 Å². The van der Waals surface area contributed by atoms with E-state index >= 15 is 0 Å². The molecule has 9 heteroatoms. The van der Waals surface area contributed by atoms with Crippen molar-refractivity contribution < 1.29 is 13.2 Å². The lowest BCUT2D eigenvalue weighted by molar-refractivity contribution is 0.102. The van der Waals surface area contributed by atoms with E-state index in [1.807, 2.05) is 0 Å². The summed E-state index contributed by atoms with van der Waals surface area (Å²) in [5.74, 6) is -0.401. The molecular formula is C15H18N4O3S2. The number of carbonyl (C=O) groups is 1. The van der Waals surface area contributed by atoms with Crippen LogP contribution in [-0.2, 0) is 10.0 Å². The van der Waals surface area contributed by atoms with Crippen LogP contribution in [0.4, 0.5) is 5.13 Å². The number of benzene rings is 1. The van der Waals surface area contributed by atoms with E-state index in [0.717, 1.165) is 24.3 Å². The van der Waals surface area contributed by atoms with E-state index < -0.39 is 15.9 Å². The second-order valence-electron chi connectivity index (χ2n) is 5.57. The molecule has 1 amide bonds. The maximum Gasteiger partial charge on any atom is 0.257 e. The van der Waals surface area contributed by atoms with Gasteiger partial charge in [0.25, 0.3) is 5.91 Å². The molecule has 0 radical (unpaired) electrons. The van der Waals surface area contributed by atoms with Crippen LogP contribution < -0.4 is 5.32 Å². The van der Waals surface area contributed by atoms with Gasteiger partial charge in [-0.1, -0.05) is 23.8 Å². The molecule has 1 aliphatic rings. The molecule has 1 aromatic heterocycles. The van der Waals surface area contributed by atoms with Gasteiger partial charge in [0.15, 0.2) is 0 Å². The standard InChI is InChI=1S/C15H18N4O3S2/c1-11-17-18-15(23-11)16-14(20)12-6-5-7-13(10-12)24(21,22)19-8-3-2-4-9-19/h5-7,10H,2-4,8-9H2,1H3,(H,16,18,20). The highest BCUT2D eigenvalue weighted by Gasteiger charge is 2.26. The molecule has 1 N–H and O–H groups in total. The molecule has 7 nitrogen and oxygen atoms in total. The van der Waals surface area contributed by atoms with Crippen molar-refractivity contribution in [3.8, 4) is 0 Å². The molecule has 1 aromatic carbocycles. The molecule has 0 unspecified atom stereocenters. The molecule has 1 saturated heterocycles. The maximum absolute atomic E-state index is 12.7. The Hall–Kier alpha value is -1.84. The Balaban J connectivity index is 1.81. The van der Waals surface area contributed by atoms with Crippen molar-refractivity contribution in [2.75, 3.05) is 18.4 Å². The first-order valence-electron chi connectivity index (χ1n) is 7.68. The molecule has 2 aromatic rings. The molecule has 0 aliphatic carbocycles. The fraction of sp³-hybridized carbons (Fsp3) is 0.400. The van der Waals surface area contributed by atoms with Crippen LogP contribution in [0.15, 0.2) is 29.2 Å². The van der Waals surface area contributed by atoms with Crippen LogP contribution in [0.25, 0.3) is 0 Å². The third kappa shape index (κ3) is 3.63. The number of aromatic nitrogens is 2. The number of rotatable bonds is 4. The number of sulfonamides is 1. The molecule has 0 spiro atoms. The minimum Gasteiger partial charge on any atom is -0.296 e. The first-order chi connectivity index (χ1) is 11.5. The van der Waals surface area contributed by atoms with Gasteiger partial charge < -0.3 is 0 Å². The number of aryl methyl sites for hydroxylation is 1. The zero-order valence-electron chi connectivity index (χ0n) is 13.2. The van der Waals surface area contributed by atoms with Crippen LogP contribution in [0.1, 0.15) is 34.6 Å². The average molecular weight is 366 g/mol. The molecule has 1 fully saturated rings. The van der Waals surface area contributed by atoms with E-state index in [0.29, 0.717) is 18.2 Å². The van der Waals surface area contributed by atoms with E-state index in [-0.39, 0.29) is 10.5 Å². The second-order valence-corrected chi connectivity index (χ2v) is 8.69. The topological polar surface area (TPSA) is 92.3 Å². The zero-order valence-corrected chi connectivity index (χ0v) is 14.9. The SMILES string of the molecule is Cc1nnc(NC(=O)c2cccc(S(=O)(=O)N3CCCCC3)c2)s1. The summed E-state index contributed by atoms with van der Waals surface area (Å²) in [5.41, 5.74) is 0.279. The molecule has 3 rings (SSSR count). The van der Waals surface area contributed by atoms with E-state index in [4.69, 9.17) is 0 Å². The summed E-state index contributed by atoms with van der Waals surface area (Å²) in [5, 5.41) is 11.4. The van der Waals surface area contributed by atoms with Crippen LogP contribution in [0.3, 0.4) is 0 Å². The predicted octanol–water partition coefficient (Wildman–Crippen LogP) is 2.27. The molecule has 0 bridgehead atoms. The molecule has 0 atom stereocenters. The Labute approximate surface area is 144 Å². The van der Waals surface area contributed by atoms with Gasteiger partial charge >= 0.3 is 0 Å². The highest BCUT2D eigenvalue weighted by atomic mass is 32.2. The van der Waals surface area contributed by atoms with E-state index in [2.05, 4.69) is 15.5 Å². The van der Waals surface area contributed by atoms with Gasteiger partial charge in [0, 0.05) is 18.7 Å². The van der Waals surface area contributed by atoms with Gasteiger partial charge in [-0.25, -0.2) is 8.42 Å². The van der Waals surface area contributed by atoms with Gasteiger partial charge in [-0.2, -0.15) is 4.31 Å². The first kappa shape index (κ1) is 17.0. The second kappa shape index (κ2) is 6.96. The Kier molecular flexibility index (Phi) is 4.93. The summed E-state index contributed by atoms with van der Waals surface area (Å²) >= 11 is 1.26. The highest BCUT2D eigenvalue weighted by molar-refractivity contribution is 7.89. The molecule has 0 saturated carbocycles. The lowest BCUT2D eigenvalue weighted by Crippen LogP contribution is -2.35. The molecule has 1 aliphatic heterocycles. The highest BCUT2D eigenvalue weighted by Crippen LogP contribution is 2.22. The number of nitrogens with zero attached hydrogens (tertiary/aromatic N) is 3. The van der Waals surface area contributed by atoms with Crippen LogP contribution in [0.5, 0.6) is 0 Å². The van der Waals surface area contributed by atoms with Gasteiger partial charge in [-0.3, -0.25) is 10.1 Å². The van der Waals surface area contributed by atoms with E-state index in [1.54, 1.807) is 19.1 Å². The third-order valence-electron chi connectivity index (χ3n) is 3.80. The van der Waals surface area contributed by atoms with Crippen LogP contribution in [0, 0.1) is 6.92 Å². The summed E-state index contributed by atoms with van der Waals surface area (Å²) in [6.07, 6.45) is 2.79. The maximum atomic E-state index is 12.7. The third-order valence-corrected chi connectivity index (χ3v) is 6.44. The number of hydrogen-bond acceptors (Lipinski definition) is 6. The van der Waals surface area contributed by atoms with Crippen molar-refractivity contribution in [3.05, 3.63) is 34.8 Å². The van der Waals surface area contributed by atoms with Crippen molar-refractivity contribution in [3.63, 3.8) is 0 Å². The predicted molar refractivity (Wildman–Crippen MR) is 91.7 cm³/mol. The number of nitrogens with one attached hydrogen (secondary N) is 1. The number of anilines is 1. The summed E-state index contributed by atoms with van der Waals surface area (Å²) in [6, 6.07) is 6.10. The summed E-state index contributed by atoms with van der Waals surface area (Å²) < 4.78 is 26.9. The molecule has 2 heterocycles. The Bertz CT molecular complexity index is 842. The zero-order chi connectivity index (χ0) is 17.2.